The molecule has 0 fully saturated rings. The molecule has 0 spiro atoms. The van der Waals surface area contributed by atoms with Crippen LogP contribution >= 0.6 is 0 Å². The Morgan fingerprint density at radius 2 is 2.50 bits per heavy atom. The number of hydrogen-bond donors (Lipinski definition) is 3. The Labute approximate surface area is 79.2 Å². The van der Waals surface area contributed by atoms with Gasteiger partial charge in [0.05, 0.1) is 6.20 Å². The average Bonchev–Trinajstić information content (AvgIpc) is 2.18. The second kappa shape index (κ2) is 4.15. The van der Waals surface area contributed by atoms with Gasteiger partial charge in [-0.3, -0.25) is 0 Å². The molecule has 7 nitrogen and oxygen atoms in total. The van der Waals surface area contributed by atoms with E-state index in [-0.39, 0.29) is 11.4 Å². The van der Waals surface area contributed by atoms with Gasteiger partial charge in [-0.25, -0.2) is 14.8 Å². The van der Waals surface area contributed by atoms with E-state index in [0.717, 1.165) is 0 Å². The summed E-state index contributed by atoms with van der Waals surface area (Å²) in [6.45, 7) is 0. The van der Waals surface area contributed by atoms with Crippen molar-refractivity contribution in [2.45, 2.75) is 6.17 Å². The van der Waals surface area contributed by atoms with Crippen LogP contribution in [0, 0.1) is 11.3 Å². The highest BCUT2D eigenvalue weighted by atomic mass is 16.4. The summed E-state index contributed by atoms with van der Waals surface area (Å²) in [5, 5.41) is 19.5. The summed E-state index contributed by atoms with van der Waals surface area (Å²) >= 11 is 0. The predicted octanol–water partition coefficient (Wildman–Crippen LogP) is -0.870. The van der Waals surface area contributed by atoms with Gasteiger partial charge >= 0.3 is 5.97 Å². The van der Waals surface area contributed by atoms with E-state index >= 15 is 0 Å². The lowest BCUT2D eigenvalue weighted by Gasteiger charge is -2.09. The van der Waals surface area contributed by atoms with Crippen LogP contribution in [0.5, 0.6) is 0 Å². The van der Waals surface area contributed by atoms with Crippen molar-refractivity contribution in [1.82, 2.24) is 9.97 Å². The number of carboxylic acids is 1. The van der Waals surface area contributed by atoms with Crippen molar-refractivity contribution in [3.8, 4) is 6.07 Å². The van der Waals surface area contributed by atoms with Gasteiger partial charge in [0.15, 0.2) is 6.17 Å². The van der Waals surface area contributed by atoms with Crippen molar-refractivity contribution >= 4 is 11.8 Å². The first-order valence-electron chi connectivity index (χ1n) is 3.60. The summed E-state index contributed by atoms with van der Waals surface area (Å²) in [5.74, 6) is -1.12. The Bertz CT molecular complexity index is 386. The lowest BCUT2D eigenvalue weighted by Crippen LogP contribution is -2.38. The van der Waals surface area contributed by atoms with Crippen molar-refractivity contribution in [3.05, 3.63) is 18.1 Å². The van der Waals surface area contributed by atoms with Gasteiger partial charge in [-0.2, -0.15) is 5.26 Å². The van der Waals surface area contributed by atoms with E-state index in [1.54, 1.807) is 6.07 Å². The van der Waals surface area contributed by atoms with Crippen LogP contribution in [0.15, 0.2) is 12.5 Å². The summed E-state index contributed by atoms with van der Waals surface area (Å²) in [6, 6.07) is 1.80. The van der Waals surface area contributed by atoms with Gasteiger partial charge in [0.1, 0.15) is 23.8 Å². The van der Waals surface area contributed by atoms with Gasteiger partial charge in [0, 0.05) is 0 Å². The molecule has 4 N–H and O–H groups in total. The van der Waals surface area contributed by atoms with Crippen LogP contribution in [0.4, 0.5) is 5.82 Å². The maximum absolute atomic E-state index is 10.4. The predicted molar refractivity (Wildman–Crippen MR) is 46.0 cm³/mol. The average molecular weight is 193 g/mol. The second-order valence-corrected chi connectivity index (χ2v) is 2.36. The zero-order valence-corrected chi connectivity index (χ0v) is 7.01. The highest BCUT2D eigenvalue weighted by Crippen LogP contribution is 2.07. The summed E-state index contributed by atoms with van der Waals surface area (Å²) < 4.78 is 0. The largest absolute Gasteiger partial charge is 0.479 e. The van der Waals surface area contributed by atoms with Gasteiger partial charge in [-0.1, -0.05) is 0 Å². The third kappa shape index (κ3) is 2.15. The van der Waals surface area contributed by atoms with Crippen LogP contribution in [0.25, 0.3) is 0 Å². The Morgan fingerprint density at radius 3 is 3.07 bits per heavy atom. The molecule has 0 radical (unpaired) electrons. The fourth-order valence-electron chi connectivity index (χ4n) is 0.735. The fraction of sp³-hybridized carbons (Fsp3) is 0.143. The Morgan fingerprint density at radius 1 is 1.79 bits per heavy atom. The molecule has 72 valence electrons. The van der Waals surface area contributed by atoms with Crippen LogP contribution in [0.3, 0.4) is 0 Å². The normalized spacial score (nSPS) is 11.4. The molecule has 0 saturated heterocycles. The lowest BCUT2D eigenvalue weighted by molar-refractivity contribution is -0.137. The number of rotatable bonds is 3. The number of aromatic nitrogens is 2. The van der Waals surface area contributed by atoms with Crippen LogP contribution < -0.4 is 11.1 Å². The number of carboxylic acid groups (broad SMARTS) is 1. The Balaban J connectivity index is 2.87. The summed E-state index contributed by atoms with van der Waals surface area (Å²) in [7, 11) is 0. The van der Waals surface area contributed by atoms with Crippen LogP contribution in [0.1, 0.15) is 5.56 Å². The first-order valence-corrected chi connectivity index (χ1v) is 3.60. The minimum absolute atomic E-state index is 0.109. The van der Waals surface area contributed by atoms with Gasteiger partial charge < -0.3 is 16.2 Å². The minimum atomic E-state index is -1.29. The number of nitriles is 1. The molecule has 0 aliphatic carbocycles. The first kappa shape index (κ1) is 9.88. The number of carbonyl (C=O) groups is 1. The molecule has 0 amide bonds. The molecule has 1 aromatic rings. The molecular weight excluding hydrogens is 186 g/mol. The first-order chi connectivity index (χ1) is 6.65. The molecule has 1 unspecified atom stereocenters. The van der Waals surface area contributed by atoms with Crippen molar-refractivity contribution in [2.75, 3.05) is 5.32 Å². The summed E-state index contributed by atoms with van der Waals surface area (Å²) in [6.07, 6.45) is 1.17. The maximum atomic E-state index is 10.4. The van der Waals surface area contributed by atoms with E-state index in [1.165, 1.54) is 12.5 Å². The molecule has 0 aromatic carbocycles. The second-order valence-electron chi connectivity index (χ2n) is 2.36. The monoisotopic (exact) mass is 193 g/mol. The number of nitrogens with zero attached hydrogens (tertiary/aromatic N) is 3. The van der Waals surface area contributed by atoms with Crippen LogP contribution in [-0.2, 0) is 4.79 Å². The van der Waals surface area contributed by atoms with Crippen molar-refractivity contribution < 1.29 is 9.90 Å². The van der Waals surface area contributed by atoms with Crippen molar-refractivity contribution in [2.24, 2.45) is 5.73 Å². The molecule has 14 heavy (non-hydrogen) atoms. The smallest absolute Gasteiger partial charge is 0.341 e. The molecule has 1 atom stereocenters. The minimum Gasteiger partial charge on any atom is -0.479 e. The van der Waals surface area contributed by atoms with Crippen molar-refractivity contribution in [3.63, 3.8) is 0 Å². The Hall–Kier alpha value is -2.20. The molecule has 0 aliphatic rings. The number of hydrogen-bond acceptors (Lipinski definition) is 6. The number of anilines is 1. The van der Waals surface area contributed by atoms with Gasteiger partial charge in [0.25, 0.3) is 0 Å². The highest BCUT2D eigenvalue weighted by Gasteiger charge is 2.13. The zero-order chi connectivity index (χ0) is 10.6. The summed E-state index contributed by atoms with van der Waals surface area (Å²) in [4.78, 5) is 17.7. The molecule has 7 heteroatoms. The fourth-order valence-corrected chi connectivity index (χ4v) is 0.735. The third-order valence-electron chi connectivity index (χ3n) is 1.39. The molecule has 0 aliphatic heterocycles. The van der Waals surface area contributed by atoms with Gasteiger partial charge in [0.2, 0.25) is 0 Å². The van der Waals surface area contributed by atoms with E-state index in [4.69, 9.17) is 16.1 Å². The highest BCUT2D eigenvalue weighted by molar-refractivity contribution is 5.76. The van der Waals surface area contributed by atoms with E-state index in [0.29, 0.717) is 0 Å². The molecule has 1 heterocycles. The third-order valence-corrected chi connectivity index (χ3v) is 1.39. The van der Waals surface area contributed by atoms with Crippen LogP contribution in [0.2, 0.25) is 0 Å². The van der Waals surface area contributed by atoms with Gasteiger partial charge in [-0.15, -0.1) is 0 Å². The SMILES string of the molecule is N#Cc1cncnc1NC(N)C(=O)O. The van der Waals surface area contributed by atoms with E-state index in [2.05, 4.69) is 15.3 Å². The molecule has 1 aromatic heterocycles. The summed E-state index contributed by atoms with van der Waals surface area (Å²) in [5.41, 5.74) is 5.33. The number of nitrogens with two attached hydrogens (primary N) is 1. The standard InChI is InChI=1S/C7H7N5O2/c8-1-4-2-10-3-11-6(4)12-5(9)7(13)14/h2-3,5H,9H2,(H,13,14)(H,10,11,12). The molecule has 0 saturated carbocycles. The van der Waals surface area contributed by atoms with E-state index in [9.17, 15) is 4.79 Å². The zero-order valence-electron chi connectivity index (χ0n) is 7.01. The number of aliphatic carboxylic acids is 1. The lowest BCUT2D eigenvalue weighted by atomic mass is 10.3. The molecule has 1 rings (SSSR count). The Kier molecular flexibility index (Phi) is 2.93. The van der Waals surface area contributed by atoms with Crippen LogP contribution in [-0.4, -0.2) is 27.2 Å². The number of nitrogens with one attached hydrogen (secondary N) is 1. The molecular formula is C7H7N5O2. The van der Waals surface area contributed by atoms with Crippen molar-refractivity contribution in [1.29, 1.82) is 5.26 Å². The van der Waals surface area contributed by atoms with E-state index < -0.39 is 12.1 Å². The van der Waals surface area contributed by atoms with Gasteiger partial charge in [-0.05, 0) is 0 Å². The van der Waals surface area contributed by atoms with E-state index in [1.807, 2.05) is 0 Å². The topological polar surface area (TPSA) is 125 Å². The maximum Gasteiger partial charge on any atom is 0.341 e. The molecule has 0 bridgehead atoms. The quantitative estimate of drug-likeness (QED) is 0.532.